The smallest absolute Gasteiger partial charge is 0.410 e. The van der Waals surface area contributed by atoms with Gasteiger partial charge in [0.05, 0.1) is 12.1 Å². The van der Waals surface area contributed by atoms with Gasteiger partial charge in [-0.1, -0.05) is 30.3 Å². The molecule has 0 spiro atoms. The first-order chi connectivity index (χ1) is 8.75. The van der Waals surface area contributed by atoms with Gasteiger partial charge in [-0.05, 0) is 24.8 Å². The first-order valence-electron chi connectivity index (χ1n) is 6.43. The second-order valence-corrected chi connectivity index (χ2v) is 5.05. The van der Waals surface area contributed by atoms with E-state index in [9.17, 15) is 9.90 Å². The van der Waals surface area contributed by atoms with Crippen LogP contribution in [-0.4, -0.2) is 34.3 Å². The highest BCUT2D eigenvalue weighted by molar-refractivity contribution is 5.69. The lowest BCUT2D eigenvalue weighted by Gasteiger charge is -2.21. The maximum Gasteiger partial charge on any atom is 0.410 e. The summed E-state index contributed by atoms with van der Waals surface area (Å²) in [5, 5.41) is 9.77. The average Bonchev–Trinajstić information content (AvgIpc) is 2.94. The van der Waals surface area contributed by atoms with Crippen LogP contribution in [0.5, 0.6) is 0 Å². The number of aliphatic hydroxyl groups excluding tert-OH is 1. The average molecular weight is 247 g/mol. The van der Waals surface area contributed by atoms with Gasteiger partial charge in [-0.25, -0.2) is 4.79 Å². The summed E-state index contributed by atoms with van der Waals surface area (Å²) >= 11 is 0. The maximum atomic E-state index is 12.0. The molecule has 96 valence electrons. The lowest BCUT2D eigenvalue weighted by molar-refractivity contribution is 0.0765. The quantitative estimate of drug-likeness (QED) is 0.868. The fraction of sp³-hybridized carbons (Fsp3) is 0.500. The van der Waals surface area contributed by atoms with Crippen LogP contribution in [0.4, 0.5) is 4.79 Å². The van der Waals surface area contributed by atoms with Crippen molar-refractivity contribution in [1.29, 1.82) is 0 Å². The molecule has 1 amide bonds. The number of rotatable bonds is 2. The second kappa shape index (κ2) is 4.61. The Labute approximate surface area is 106 Å². The summed E-state index contributed by atoms with van der Waals surface area (Å²) in [6, 6.07) is 9.79. The molecule has 0 aromatic heterocycles. The van der Waals surface area contributed by atoms with E-state index in [4.69, 9.17) is 4.74 Å². The van der Waals surface area contributed by atoms with E-state index in [0.717, 1.165) is 18.4 Å². The van der Waals surface area contributed by atoms with Crippen LogP contribution >= 0.6 is 0 Å². The van der Waals surface area contributed by atoms with Crippen molar-refractivity contribution in [3.8, 4) is 0 Å². The number of ether oxygens (including phenoxy) is 1. The fourth-order valence-electron chi connectivity index (χ4n) is 3.04. The standard InChI is InChI=1S/C14H17NO3/c16-13-8-11-6-7-12(13)15(11)14(17)18-9-10-4-2-1-3-5-10/h1-5,11-13,16H,6-9H2/t11-,12+,13-/m1/s1. The highest BCUT2D eigenvalue weighted by Gasteiger charge is 2.48. The molecule has 2 bridgehead atoms. The number of fused-ring (bicyclic) bond motifs is 2. The van der Waals surface area contributed by atoms with Gasteiger partial charge >= 0.3 is 6.09 Å². The largest absolute Gasteiger partial charge is 0.445 e. The van der Waals surface area contributed by atoms with Gasteiger partial charge in [-0.3, -0.25) is 4.90 Å². The zero-order valence-corrected chi connectivity index (χ0v) is 10.2. The predicted molar refractivity (Wildman–Crippen MR) is 65.9 cm³/mol. The first kappa shape index (κ1) is 11.5. The third-order valence-corrected chi connectivity index (χ3v) is 3.92. The minimum Gasteiger partial charge on any atom is -0.445 e. The van der Waals surface area contributed by atoms with E-state index in [1.54, 1.807) is 4.90 Å². The van der Waals surface area contributed by atoms with Gasteiger partial charge in [-0.15, -0.1) is 0 Å². The Morgan fingerprint density at radius 3 is 2.72 bits per heavy atom. The van der Waals surface area contributed by atoms with Crippen molar-refractivity contribution in [2.75, 3.05) is 0 Å². The Hall–Kier alpha value is -1.55. The van der Waals surface area contributed by atoms with E-state index in [1.807, 2.05) is 30.3 Å². The van der Waals surface area contributed by atoms with Crippen LogP contribution in [0.2, 0.25) is 0 Å². The zero-order chi connectivity index (χ0) is 12.5. The van der Waals surface area contributed by atoms with Gasteiger partial charge in [0.15, 0.2) is 0 Å². The Morgan fingerprint density at radius 1 is 1.33 bits per heavy atom. The Kier molecular flexibility index (Phi) is 2.96. The molecule has 0 radical (unpaired) electrons. The second-order valence-electron chi connectivity index (χ2n) is 5.05. The van der Waals surface area contributed by atoms with Gasteiger partial charge in [0.1, 0.15) is 6.61 Å². The number of benzene rings is 1. The fourth-order valence-corrected chi connectivity index (χ4v) is 3.04. The molecule has 4 heteroatoms. The monoisotopic (exact) mass is 247 g/mol. The van der Waals surface area contributed by atoms with Crippen LogP contribution < -0.4 is 0 Å². The minimum atomic E-state index is -0.368. The van der Waals surface area contributed by atoms with Crippen LogP contribution in [0.3, 0.4) is 0 Å². The van der Waals surface area contributed by atoms with Gasteiger partial charge in [0.25, 0.3) is 0 Å². The Morgan fingerprint density at radius 2 is 2.11 bits per heavy atom. The molecule has 18 heavy (non-hydrogen) atoms. The van der Waals surface area contributed by atoms with Crippen molar-refractivity contribution in [1.82, 2.24) is 4.90 Å². The van der Waals surface area contributed by atoms with Crippen molar-refractivity contribution in [2.45, 2.75) is 44.1 Å². The number of aliphatic hydroxyl groups is 1. The number of nitrogens with zero attached hydrogens (tertiary/aromatic N) is 1. The summed E-state index contributed by atoms with van der Waals surface area (Å²) in [6.07, 6.45) is 1.93. The van der Waals surface area contributed by atoms with Crippen molar-refractivity contribution in [3.05, 3.63) is 35.9 Å². The van der Waals surface area contributed by atoms with Crippen LogP contribution in [0.25, 0.3) is 0 Å². The number of hydrogen-bond donors (Lipinski definition) is 1. The molecule has 3 rings (SSSR count). The predicted octanol–water partition coefficient (Wildman–Crippen LogP) is 1.92. The van der Waals surface area contributed by atoms with E-state index in [-0.39, 0.29) is 24.3 Å². The molecule has 1 aromatic rings. The summed E-state index contributed by atoms with van der Waals surface area (Å²) < 4.78 is 5.32. The van der Waals surface area contributed by atoms with Crippen molar-refractivity contribution < 1.29 is 14.6 Å². The molecule has 2 saturated heterocycles. The number of carbonyl (C=O) groups excluding carboxylic acids is 1. The molecular formula is C14H17NO3. The topological polar surface area (TPSA) is 49.8 Å². The Balaban J connectivity index is 1.60. The molecule has 4 nitrogen and oxygen atoms in total. The van der Waals surface area contributed by atoms with Gasteiger partial charge in [-0.2, -0.15) is 0 Å². The SMILES string of the molecule is O=C(OCc1ccccc1)N1[C@@H]2CC[C@H]1[C@H](O)C2. The number of hydrogen-bond acceptors (Lipinski definition) is 3. The number of carbonyl (C=O) groups is 1. The minimum absolute atomic E-state index is 0.0294. The van der Waals surface area contributed by atoms with Crippen molar-refractivity contribution in [3.63, 3.8) is 0 Å². The van der Waals surface area contributed by atoms with Gasteiger partial charge in [0.2, 0.25) is 0 Å². The molecular weight excluding hydrogens is 230 g/mol. The molecule has 2 fully saturated rings. The lowest BCUT2D eigenvalue weighted by atomic mass is 9.98. The summed E-state index contributed by atoms with van der Waals surface area (Å²) in [5.74, 6) is 0. The van der Waals surface area contributed by atoms with Crippen molar-refractivity contribution in [2.24, 2.45) is 0 Å². The number of amides is 1. The van der Waals surface area contributed by atoms with Crippen LogP contribution in [0.15, 0.2) is 30.3 Å². The highest BCUT2D eigenvalue weighted by Crippen LogP contribution is 2.38. The molecule has 1 aromatic carbocycles. The lowest BCUT2D eigenvalue weighted by Crippen LogP contribution is -2.37. The van der Waals surface area contributed by atoms with Crippen LogP contribution in [0, 0.1) is 0 Å². The molecule has 1 N–H and O–H groups in total. The van der Waals surface area contributed by atoms with E-state index in [1.165, 1.54) is 0 Å². The Bertz CT molecular complexity index is 434. The molecule has 0 saturated carbocycles. The third kappa shape index (κ3) is 1.97. The molecule has 2 aliphatic rings. The van der Waals surface area contributed by atoms with Crippen LogP contribution in [0.1, 0.15) is 24.8 Å². The van der Waals surface area contributed by atoms with Crippen molar-refractivity contribution >= 4 is 6.09 Å². The highest BCUT2D eigenvalue weighted by atomic mass is 16.6. The summed E-state index contributed by atoms with van der Waals surface area (Å²) in [6.45, 7) is 0.297. The summed E-state index contributed by atoms with van der Waals surface area (Å²) in [4.78, 5) is 13.7. The van der Waals surface area contributed by atoms with E-state index in [2.05, 4.69) is 0 Å². The first-order valence-corrected chi connectivity index (χ1v) is 6.43. The maximum absolute atomic E-state index is 12.0. The normalized spacial score (nSPS) is 29.6. The van der Waals surface area contributed by atoms with E-state index in [0.29, 0.717) is 13.0 Å². The summed E-state index contributed by atoms with van der Waals surface area (Å²) in [7, 11) is 0. The molecule has 2 aliphatic heterocycles. The molecule has 0 aliphatic carbocycles. The zero-order valence-electron chi connectivity index (χ0n) is 10.2. The van der Waals surface area contributed by atoms with Crippen LogP contribution in [-0.2, 0) is 11.3 Å². The van der Waals surface area contributed by atoms with E-state index >= 15 is 0 Å². The molecule has 2 heterocycles. The van der Waals surface area contributed by atoms with Gasteiger partial charge < -0.3 is 9.84 Å². The van der Waals surface area contributed by atoms with E-state index < -0.39 is 0 Å². The molecule has 3 atom stereocenters. The molecule has 0 unspecified atom stereocenters. The van der Waals surface area contributed by atoms with Gasteiger partial charge in [0, 0.05) is 6.04 Å². The summed E-state index contributed by atoms with van der Waals surface area (Å²) in [5.41, 5.74) is 0.984. The third-order valence-electron chi connectivity index (χ3n) is 3.92.